The highest BCUT2D eigenvalue weighted by Gasteiger charge is 2.28. The molecule has 1 heterocycles. The molecule has 0 radical (unpaired) electrons. The minimum atomic E-state index is -3.70. The van der Waals surface area contributed by atoms with Gasteiger partial charge in [-0.05, 0) is 48.5 Å². The van der Waals surface area contributed by atoms with Crippen LogP contribution in [0.2, 0.25) is 5.02 Å². The molecule has 31 heavy (non-hydrogen) atoms. The SMILES string of the molecule is CN(C)c1c(Cl)cccc1NC(=O)c1ccc(NC2=NS(=O)(=O)c3ccccc32)cc1. The summed E-state index contributed by atoms with van der Waals surface area (Å²) in [6, 6.07) is 18.6. The molecule has 0 saturated heterocycles. The van der Waals surface area contributed by atoms with Crippen molar-refractivity contribution < 1.29 is 13.2 Å². The van der Waals surface area contributed by atoms with E-state index in [1.807, 2.05) is 19.0 Å². The van der Waals surface area contributed by atoms with Gasteiger partial charge in [-0.25, -0.2) is 0 Å². The van der Waals surface area contributed by atoms with E-state index < -0.39 is 10.0 Å². The lowest BCUT2D eigenvalue weighted by atomic mass is 10.1. The molecule has 0 aliphatic carbocycles. The molecule has 0 saturated carbocycles. The van der Waals surface area contributed by atoms with Crippen molar-refractivity contribution in [3.63, 3.8) is 0 Å². The van der Waals surface area contributed by atoms with E-state index in [1.54, 1.807) is 60.7 Å². The fraction of sp³-hybridized carbons (Fsp3) is 0.0909. The number of halogens is 1. The van der Waals surface area contributed by atoms with Crippen molar-refractivity contribution in [1.82, 2.24) is 0 Å². The smallest absolute Gasteiger partial charge is 0.285 e. The van der Waals surface area contributed by atoms with Gasteiger partial charge in [0.1, 0.15) is 4.90 Å². The lowest BCUT2D eigenvalue weighted by molar-refractivity contribution is 0.102. The second kappa shape index (κ2) is 8.05. The van der Waals surface area contributed by atoms with Crippen LogP contribution in [0.15, 0.2) is 76.0 Å². The molecule has 1 aliphatic heterocycles. The first-order valence-corrected chi connectivity index (χ1v) is 11.2. The molecule has 9 heteroatoms. The molecule has 0 aromatic heterocycles. The van der Waals surface area contributed by atoms with Crippen LogP contribution in [0.25, 0.3) is 0 Å². The minimum Gasteiger partial charge on any atom is -0.375 e. The van der Waals surface area contributed by atoms with Gasteiger partial charge < -0.3 is 15.5 Å². The van der Waals surface area contributed by atoms with Gasteiger partial charge in [-0.15, -0.1) is 4.40 Å². The highest BCUT2D eigenvalue weighted by atomic mass is 35.5. The van der Waals surface area contributed by atoms with Crippen LogP contribution in [-0.4, -0.2) is 34.3 Å². The van der Waals surface area contributed by atoms with Gasteiger partial charge in [0.2, 0.25) is 0 Å². The number of anilines is 3. The van der Waals surface area contributed by atoms with E-state index in [0.29, 0.717) is 27.5 Å². The van der Waals surface area contributed by atoms with Crippen molar-refractivity contribution >= 4 is 50.4 Å². The zero-order valence-corrected chi connectivity index (χ0v) is 18.3. The maximum Gasteiger partial charge on any atom is 0.285 e. The average Bonchev–Trinajstić information content (AvgIpc) is 2.98. The standard InChI is InChI=1S/C22H19ClN4O3S/c1-27(2)20-17(23)7-5-8-18(20)25-22(28)14-10-12-15(13-11-14)24-21-16-6-3-4-9-19(16)31(29,30)26-21/h3-13H,1-2H3,(H,24,26)(H,25,28). The third-order valence-electron chi connectivity index (χ3n) is 4.72. The first-order valence-electron chi connectivity index (χ1n) is 9.35. The molecule has 0 bridgehead atoms. The molecular weight excluding hydrogens is 436 g/mol. The first-order chi connectivity index (χ1) is 14.8. The average molecular weight is 455 g/mol. The largest absolute Gasteiger partial charge is 0.375 e. The van der Waals surface area contributed by atoms with Gasteiger partial charge in [-0.2, -0.15) is 8.42 Å². The Labute approximate surface area is 185 Å². The number of amides is 1. The Morgan fingerprint density at radius 1 is 0.968 bits per heavy atom. The van der Waals surface area contributed by atoms with Crippen LogP contribution < -0.4 is 15.5 Å². The number of hydrogen-bond acceptors (Lipinski definition) is 5. The van der Waals surface area contributed by atoms with Crippen molar-refractivity contribution in [3.05, 3.63) is 82.9 Å². The molecule has 0 unspecified atom stereocenters. The van der Waals surface area contributed by atoms with E-state index in [-0.39, 0.29) is 16.6 Å². The van der Waals surface area contributed by atoms with Crippen LogP contribution in [0.4, 0.5) is 17.1 Å². The quantitative estimate of drug-likeness (QED) is 0.616. The summed E-state index contributed by atoms with van der Waals surface area (Å²) in [5, 5.41) is 6.43. The van der Waals surface area contributed by atoms with Gasteiger partial charge in [0, 0.05) is 30.9 Å². The fourth-order valence-electron chi connectivity index (χ4n) is 3.30. The van der Waals surface area contributed by atoms with Crippen LogP contribution in [0.5, 0.6) is 0 Å². The Morgan fingerprint density at radius 2 is 1.68 bits per heavy atom. The van der Waals surface area contributed by atoms with E-state index >= 15 is 0 Å². The summed E-state index contributed by atoms with van der Waals surface area (Å²) in [6.45, 7) is 0. The summed E-state index contributed by atoms with van der Waals surface area (Å²) < 4.78 is 28.2. The maximum atomic E-state index is 12.7. The number of carbonyl (C=O) groups excluding carboxylic acids is 1. The molecule has 3 aromatic rings. The summed E-state index contributed by atoms with van der Waals surface area (Å²) in [4.78, 5) is 14.7. The van der Waals surface area contributed by atoms with E-state index in [1.165, 1.54) is 6.07 Å². The molecule has 7 nitrogen and oxygen atoms in total. The summed E-state index contributed by atoms with van der Waals surface area (Å²) >= 11 is 6.26. The Balaban J connectivity index is 1.52. The predicted octanol–water partition coefficient (Wildman–Crippen LogP) is 4.22. The third kappa shape index (κ3) is 4.12. The number of nitrogens with one attached hydrogen (secondary N) is 2. The van der Waals surface area contributed by atoms with Crippen molar-refractivity contribution in [2.75, 3.05) is 29.6 Å². The van der Waals surface area contributed by atoms with Crippen LogP contribution in [-0.2, 0) is 10.0 Å². The molecule has 2 N–H and O–H groups in total. The normalized spacial score (nSPS) is 13.8. The summed E-state index contributed by atoms with van der Waals surface area (Å²) in [7, 11) is -0.00192. The Morgan fingerprint density at radius 3 is 2.39 bits per heavy atom. The van der Waals surface area contributed by atoms with Gasteiger partial charge in [0.25, 0.3) is 15.9 Å². The number of rotatable bonds is 4. The molecular formula is C22H19ClN4O3S. The van der Waals surface area contributed by atoms with Crippen LogP contribution in [0, 0.1) is 0 Å². The fourth-order valence-corrected chi connectivity index (χ4v) is 4.82. The molecule has 3 aromatic carbocycles. The molecule has 0 fully saturated rings. The number of para-hydroxylation sites is 1. The van der Waals surface area contributed by atoms with Gasteiger partial charge >= 0.3 is 0 Å². The number of sulfonamides is 1. The van der Waals surface area contributed by atoms with E-state index in [2.05, 4.69) is 15.0 Å². The van der Waals surface area contributed by atoms with Gasteiger partial charge in [-0.3, -0.25) is 4.79 Å². The lowest BCUT2D eigenvalue weighted by Gasteiger charge is -2.19. The summed E-state index contributed by atoms with van der Waals surface area (Å²) in [5.41, 5.74) is 2.89. The van der Waals surface area contributed by atoms with E-state index in [0.717, 1.165) is 5.69 Å². The molecule has 1 aliphatic rings. The van der Waals surface area contributed by atoms with E-state index in [4.69, 9.17) is 11.6 Å². The van der Waals surface area contributed by atoms with Crippen LogP contribution >= 0.6 is 11.6 Å². The van der Waals surface area contributed by atoms with Crippen LogP contribution in [0.3, 0.4) is 0 Å². The molecule has 158 valence electrons. The van der Waals surface area contributed by atoms with Crippen molar-refractivity contribution in [1.29, 1.82) is 0 Å². The maximum absolute atomic E-state index is 12.7. The Kier molecular flexibility index (Phi) is 5.43. The monoisotopic (exact) mass is 454 g/mol. The zero-order chi connectivity index (χ0) is 22.2. The molecule has 4 rings (SSSR count). The van der Waals surface area contributed by atoms with Gasteiger partial charge in [0.15, 0.2) is 5.84 Å². The first kappa shape index (κ1) is 20.9. The molecule has 1 amide bonds. The number of hydrogen-bond donors (Lipinski definition) is 2. The van der Waals surface area contributed by atoms with Crippen molar-refractivity contribution in [3.8, 4) is 0 Å². The minimum absolute atomic E-state index is 0.173. The number of amidine groups is 1. The zero-order valence-electron chi connectivity index (χ0n) is 16.8. The molecule has 0 atom stereocenters. The van der Waals surface area contributed by atoms with Crippen LogP contribution in [0.1, 0.15) is 15.9 Å². The number of nitrogens with zero attached hydrogens (tertiary/aromatic N) is 2. The summed E-state index contributed by atoms with van der Waals surface area (Å²) in [6.07, 6.45) is 0. The second-order valence-corrected chi connectivity index (χ2v) is 9.08. The van der Waals surface area contributed by atoms with Gasteiger partial charge in [-0.1, -0.05) is 29.8 Å². The Hall–Kier alpha value is -3.36. The van der Waals surface area contributed by atoms with Gasteiger partial charge in [0.05, 0.1) is 16.4 Å². The number of fused-ring (bicyclic) bond motifs is 1. The lowest BCUT2D eigenvalue weighted by Crippen LogP contribution is -2.17. The highest BCUT2D eigenvalue weighted by Crippen LogP contribution is 2.33. The predicted molar refractivity (Wildman–Crippen MR) is 124 cm³/mol. The number of carbonyl (C=O) groups is 1. The second-order valence-electron chi connectivity index (χ2n) is 7.10. The summed E-state index contributed by atoms with van der Waals surface area (Å²) in [5.74, 6) is -0.0367. The highest BCUT2D eigenvalue weighted by molar-refractivity contribution is 7.90. The van der Waals surface area contributed by atoms with E-state index in [9.17, 15) is 13.2 Å². The van der Waals surface area contributed by atoms with Crippen molar-refractivity contribution in [2.45, 2.75) is 4.90 Å². The topological polar surface area (TPSA) is 90.9 Å². The third-order valence-corrected chi connectivity index (χ3v) is 6.36. The Bertz CT molecular complexity index is 1300. The number of benzene rings is 3. The van der Waals surface area contributed by atoms with Crippen molar-refractivity contribution in [2.24, 2.45) is 4.40 Å². The molecule has 0 spiro atoms.